The Morgan fingerprint density at radius 2 is 1.95 bits per heavy atom. The predicted molar refractivity (Wildman–Crippen MR) is 81.1 cm³/mol. The first-order valence-corrected chi connectivity index (χ1v) is 7.38. The molecule has 0 saturated carbocycles. The lowest BCUT2D eigenvalue weighted by molar-refractivity contribution is 0.0497. The summed E-state index contributed by atoms with van der Waals surface area (Å²) in [5, 5.41) is 3.23. The second-order valence-electron chi connectivity index (χ2n) is 5.35. The second-order valence-corrected chi connectivity index (χ2v) is 5.35. The van der Waals surface area contributed by atoms with Crippen LogP contribution in [-0.2, 0) is 4.74 Å². The highest BCUT2D eigenvalue weighted by molar-refractivity contribution is 5.94. The number of hydrogen-bond donors (Lipinski definition) is 1. The smallest absolute Gasteiger partial charge is 0.253 e. The molecule has 0 unspecified atom stereocenters. The fourth-order valence-electron chi connectivity index (χ4n) is 2.55. The van der Waals surface area contributed by atoms with E-state index >= 15 is 0 Å². The summed E-state index contributed by atoms with van der Waals surface area (Å²) in [5.74, 6) is 0.665. The highest BCUT2D eigenvalue weighted by atomic mass is 16.5. The maximum Gasteiger partial charge on any atom is 0.253 e. The van der Waals surface area contributed by atoms with Crippen molar-refractivity contribution in [2.45, 2.75) is 19.8 Å². The fraction of sp³-hybridized carbons (Fsp3) is 0.562. The number of anilines is 1. The van der Waals surface area contributed by atoms with E-state index < -0.39 is 0 Å². The quantitative estimate of drug-likeness (QED) is 0.899. The summed E-state index contributed by atoms with van der Waals surface area (Å²) in [5.41, 5.74) is 1.80. The Morgan fingerprint density at radius 1 is 1.30 bits per heavy atom. The van der Waals surface area contributed by atoms with E-state index in [4.69, 9.17) is 4.74 Å². The van der Waals surface area contributed by atoms with E-state index in [9.17, 15) is 4.79 Å². The van der Waals surface area contributed by atoms with Crippen molar-refractivity contribution in [1.29, 1.82) is 0 Å². The van der Waals surface area contributed by atoms with Crippen molar-refractivity contribution < 1.29 is 9.53 Å². The van der Waals surface area contributed by atoms with Crippen LogP contribution in [0, 0.1) is 5.92 Å². The molecule has 110 valence electrons. The monoisotopic (exact) mass is 276 g/mol. The molecule has 1 aromatic carbocycles. The van der Waals surface area contributed by atoms with Crippen molar-refractivity contribution in [3.05, 3.63) is 29.8 Å². The molecule has 1 aromatic rings. The highest BCUT2D eigenvalue weighted by Crippen LogP contribution is 2.17. The molecule has 1 heterocycles. The van der Waals surface area contributed by atoms with Crippen molar-refractivity contribution in [2.24, 2.45) is 5.92 Å². The summed E-state index contributed by atoms with van der Waals surface area (Å²) in [7, 11) is 1.88. The Kier molecular flexibility index (Phi) is 5.41. The average molecular weight is 276 g/mol. The standard InChI is InChI=1S/C16H24N2O2/c1-3-17-15-6-4-14(5-7-15)16(19)18(2)12-13-8-10-20-11-9-13/h4-7,13,17H,3,8-12H2,1-2H3. The maximum absolute atomic E-state index is 12.4. The first kappa shape index (κ1) is 14.9. The molecule has 1 saturated heterocycles. The van der Waals surface area contributed by atoms with E-state index in [0.29, 0.717) is 5.92 Å². The lowest BCUT2D eigenvalue weighted by Gasteiger charge is -2.27. The Labute approximate surface area is 121 Å². The molecule has 4 nitrogen and oxygen atoms in total. The molecule has 0 spiro atoms. The minimum absolute atomic E-state index is 0.0968. The van der Waals surface area contributed by atoms with Crippen LogP contribution >= 0.6 is 0 Å². The molecule has 0 radical (unpaired) electrons. The topological polar surface area (TPSA) is 41.6 Å². The Hall–Kier alpha value is -1.55. The largest absolute Gasteiger partial charge is 0.385 e. The fourth-order valence-corrected chi connectivity index (χ4v) is 2.55. The lowest BCUT2D eigenvalue weighted by Crippen LogP contribution is -2.34. The van der Waals surface area contributed by atoms with Crippen molar-refractivity contribution in [2.75, 3.05) is 38.7 Å². The number of carbonyl (C=O) groups excluding carboxylic acids is 1. The molecular weight excluding hydrogens is 252 g/mol. The highest BCUT2D eigenvalue weighted by Gasteiger charge is 2.19. The number of benzene rings is 1. The minimum Gasteiger partial charge on any atom is -0.385 e. The van der Waals surface area contributed by atoms with E-state index in [1.54, 1.807) is 0 Å². The van der Waals surface area contributed by atoms with E-state index in [1.165, 1.54) is 0 Å². The lowest BCUT2D eigenvalue weighted by atomic mass is 9.99. The molecule has 1 amide bonds. The van der Waals surface area contributed by atoms with Crippen LogP contribution in [0.5, 0.6) is 0 Å². The summed E-state index contributed by atoms with van der Waals surface area (Å²) in [6.45, 7) is 5.41. The summed E-state index contributed by atoms with van der Waals surface area (Å²) >= 11 is 0. The van der Waals surface area contributed by atoms with Gasteiger partial charge in [0.05, 0.1) is 0 Å². The number of hydrogen-bond acceptors (Lipinski definition) is 3. The third-order valence-corrected chi connectivity index (χ3v) is 3.73. The Balaban J connectivity index is 1.91. The van der Waals surface area contributed by atoms with Crippen LogP contribution in [0.15, 0.2) is 24.3 Å². The minimum atomic E-state index is 0.0968. The number of carbonyl (C=O) groups is 1. The van der Waals surface area contributed by atoms with Gasteiger partial charge in [-0.15, -0.1) is 0 Å². The van der Waals surface area contributed by atoms with Crippen LogP contribution < -0.4 is 5.32 Å². The molecule has 0 bridgehead atoms. The van der Waals surface area contributed by atoms with Crippen molar-refractivity contribution in [1.82, 2.24) is 4.90 Å². The van der Waals surface area contributed by atoms with E-state index in [0.717, 1.165) is 50.4 Å². The second kappa shape index (κ2) is 7.29. The number of amides is 1. The zero-order valence-electron chi connectivity index (χ0n) is 12.4. The van der Waals surface area contributed by atoms with Crippen LogP contribution in [0.2, 0.25) is 0 Å². The van der Waals surface area contributed by atoms with Gasteiger partial charge in [0.25, 0.3) is 5.91 Å². The molecule has 4 heteroatoms. The summed E-state index contributed by atoms with van der Waals surface area (Å²) in [6, 6.07) is 7.69. The molecule has 0 aromatic heterocycles. The van der Waals surface area contributed by atoms with Gasteiger partial charge in [-0.05, 0) is 49.9 Å². The van der Waals surface area contributed by atoms with Crippen molar-refractivity contribution in [3.63, 3.8) is 0 Å². The van der Waals surface area contributed by atoms with Gasteiger partial charge in [-0.25, -0.2) is 0 Å². The van der Waals surface area contributed by atoms with Gasteiger partial charge in [0.1, 0.15) is 0 Å². The predicted octanol–water partition coefficient (Wildman–Crippen LogP) is 2.62. The third kappa shape index (κ3) is 3.97. The summed E-state index contributed by atoms with van der Waals surface area (Å²) in [6.07, 6.45) is 2.11. The van der Waals surface area contributed by atoms with E-state index in [1.807, 2.05) is 36.2 Å². The zero-order chi connectivity index (χ0) is 14.4. The van der Waals surface area contributed by atoms with Gasteiger partial charge in [0.2, 0.25) is 0 Å². The summed E-state index contributed by atoms with van der Waals surface area (Å²) < 4.78 is 5.35. The first-order chi connectivity index (χ1) is 9.70. The number of nitrogens with one attached hydrogen (secondary N) is 1. The zero-order valence-corrected chi connectivity index (χ0v) is 12.4. The van der Waals surface area contributed by atoms with Crippen molar-refractivity contribution in [3.8, 4) is 0 Å². The van der Waals surface area contributed by atoms with E-state index in [2.05, 4.69) is 12.2 Å². The SMILES string of the molecule is CCNc1ccc(C(=O)N(C)CC2CCOCC2)cc1. The molecule has 1 aliphatic rings. The molecule has 1 fully saturated rings. The van der Waals surface area contributed by atoms with Gasteiger partial charge in [0.15, 0.2) is 0 Å². The van der Waals surface area contributed by atoms with Gasteiger partial charge in [-0.2, -0.15) is 0 Å². The average Bonchev–Trinajstić information content (AvgIpc) is 2.48. The molecular formula is C16H24N2O2. The van der Waals surface area contributed by atoms with Crippen molar-refractivity contribution >= 4 is 11.6 Å². The Morgan fingerprint density at radius 3 is 2.55 bits per heavy atom. The normalized spacial score (nSPS) is 15.9. The molecule has 0 atom stereocenters. The van der Waals surface area contributed by atoms with Crippen LogP contribution in [0.1, 0.15) is 30.1 Å². The summed E-state index contributed by atoms with van der Waals surface area (Å²) in [4.78, 5) is 14.2. The number of ether oxygens (including phenoxy) is 1. The van der Waals surface area contributed by atoms with Gasteiger partial charge < -0.3 is 15.0 Å². The number of nitrogens with zero attached hydrogens (tertiary/aromatic N) is 1. The van der Waals surface area contributed by atoms with Gasteiger partial charge in [-0.3, -0.25) is 4.79 Å². The molecule has 1 N–H and O–H groups in total. The number of rotatable bonds is 5. The van der Waals surface area contributed by atoms with Gasteiger partial charge >= 0.3 is 0 Å². The van der Waals surface area contributed by atoms with Crippen LogP contribution in [0.3, 0.4) is 0 Å². The first-order valence-electron chi connectivity index (χ1n) is 7.38. The molecule has 1 aliphatic heterocycles. The van der Waals surface area contributed by atoms with Crippen LogP contribution in [-0.4, -0.2) is 44.2 Å². The van der Waals surface area contributed by atoms with Gasteiger partial charge in [-0.1, -0.05) is 0 Å². The molecule has 2 rings (SSSR count). The van der Waals surface area contributed by atoms with Crippen LogP contribution in [0.4, 0.5) is 5.69 Å². The maximum atomic E-state index is 12.4. The van der Waals surface area contributed by atoms with E-state index in [-0.39, 0.29) is 5.91 Å². The van der Waals surface area contributed by atoms with Crippen LogP contribution in [0.25, 0.3) is 0 Å². The third-order valence-electron chi connectivity index (χ3n) is 3.73. The molecule has 20 heavy (non-hydrogen) atoms. The Bertz CT molecular complexity index is 425. The van der Waals surface area contributed by atoms with Gasteiger partial charge in [0, 0.05) is 44.6 Å². The molecule has 0 aliphatic carbocycles.